The molecule has 1 fully saturated rings. The normalized spacial score (nSPS) is 13.9. The Kier molecular flexibility index (Phi) is 8.75. The highest BCUT2D eigenvalue weighted by Crippen LogP contribution is 2.31. The molecule has 0 atom stereocenters. The molecule has 4 aromatic rings. The van der Waals surface area contributed by atoms with Gasteiger partial charge in [-0.25, -0.2) is 4.98 Å². The smallest absolute Gasteiger partial charge is 0.416 e. The van der Waals surface area contributed by atoms with Crippen LogP contribution in [0.3, 0.4) is 0 Å². The van der Waals surface area contributed by atoms with Gasteiger partial charge in [0, 0.05) is 43.1 Å². The van der Waals surface area contributed by atoms with Crippen LogP contribution in [0.15, 0.2) is 65.1 Å². The van der Waals surface area contributed by atoms with Crippen LogP contribution in [0, 0.1) is 18.3 Å². The number of benzene rings is 3. The van der Waals surface area contributed by atoms with Crippen LogP contribution in [0.4, 0.5) is 24.5 Å². The minimum atomic E-state index is -4.35. The minimum absolute atomic E-state index is 0.151. The number of anilines is 2. The van der Waals surface area contributed by atoms with Gasteiger partial charge in [0.1, 0.15) is 5.52 Å². The number of nitrogens with zero attached hydrogens (tertiary/aromatic N) is 4. The van der Waals surface area contributed by atoms with Gasteiger partial charge < -0.3 is 14.6 Å². The number of piperazine rings is 1. The molecule has 40 heavy (non-hydrogen) atoms. The summed E-state index contributed by atoms with van der Waals surface area (Å²) in [6.45, 7) is 8.57. The highest BCUT2D eigenvalue weighted by atomic mass is 19.4. The molecule has 1 amide bonds. The predicted octanol–water partition coefficient (Wildman–Crippen LogP) is 6.48. The van der Waals surface area contributed by atoms with Gasteiger partial charge in [0.15, 0.2) is 5.58 Å². The Bertz CT molecular complexity index is 1500. The lowest BCUT2D eigenvalue weighted by atomic mass is 10.1. The summed E-state index contributed by atoms with van der Waals surface area (Å²) in [6, 6.07) is 17.9. The zero-order valence-corrected chi connectivity index (χ0v) is 22.5. The summed E-state index contributed by atoms with van der Waals surface area (Å²) in [6.07, 6.45) is -4.35. The van der Waals surface area contributed by atoms with Gasteiger partial charge in [-0.1, -0.05) is 13.8 Å². The Hall–Kier alpha value is -4.36. The number of nitrogens with one attached hydrogen (secondary N) is 1. The van der Waals surface area contributed by atoms with Crippen molar-refractivity contribution in [2.45, 2.75) is 26.9 Å². The molecule has 0 spiro atoms. The second-order valence-electron chi connectivity index (χ2n) is 9.21. The summed E-state index contributed by atoms with van der Waals surface area (Å²) in [7, 11) is 0. The third-order valence-corrected chi connectivity index (χ3v) is 6.52. The molecule has 1 aliphatic rings. The Morgan fingerprint density at radius 3 is 2.27 bits per heavy atom. The fourth-order valence-electron chi connectivity index (χ4n) is 4.51. The first-order valence-corrected chi connectivity index (χ1v) is 13.1. The van der Waals surface area contributed by atoms with Gasteiger partial charge in [-0.3, -0.25) is 9.69 Å². The number of aromatic nitrogens is 1. The van der Waals surface area contributed by atoms with Crippen molar-refractivity contribution >= 4 is 28.4 Å². The molecule has 3 aromatic carbocycles. The molecule has 1 saturated heterocycles. The van der Waals surface area contributed by atoms with Crippen LogP contribution in [-0.2, 0) is 11.0 Å². The topological polar surface area (TPSA) is 85.4 Å². The van der Waals surface area contributed by atoms with Crippen molar-refractivity contribution in [3.8, 4) is 17.5 Å². The number of halogens is 3. The second kappa shape index (κ2) is 12.2. The van der Waals surface area contributed by atoms with E-state index in [9.17, 15) is 18.0 Å². The maximum absolute atomic E-state index is 12.8. The fraction of sp³-hybridized carbons (Fsp3) is 0.300. The number of carbonyl (C=O) groups is 1. The van der Waals surface area contributed by atoms with Crippen LogP contribution < -0.4 is 10.2 Å². The third-order valence-electron chi connectivity index (χ3n) is 6.52. The Morgan fingerprint density at radius 2 is 1.68 bits per heavy atom. The average molecular weight is 550 g/mol. The SMILES string of the molecule is CC.Cc1cc(C#N)cc2nc(-c3ccc(NC(=O)CN4CCN(c5ccc(C(F)(F)F)cc5)CC4)cc3)oc12. The van der Waals surface area contributed by atoms with Crippen LogP contribution in [0.1, 0.15) is 30.5 Å². The molecule has 5 rings (SSSR count). The lowest BCUT2D eigenvalue weighted by Crippen LogP contribution is -2.48. The van der Waals surface area contributed by atoms with E-state index in [-0.39, 0.29) is 12.5 Å². The number of carbonyl (C=O) groups excluding carboxylic acids is 1. The summed E-state index contributed by atoms with van der Waals surface area (Å²) in [5.74, 6) is 0.282. The molecule has 0 unspecified atom stereocenters. The van der Waals surface area contributed by atoms with E-state index in [0.717, 1.165) is 28.9 Å². The van der Waals surface area contributed by atoms with Gasteiger partial charge in [0.05, 0.1) is 23.7 Å². The van der Waals surface area contributed by atoms with Gasteiger partial charge in [0.2, 0.25) is 11.8 Å². The zero-order valence-electron chi connectivity index (χ0n) is 22.5. The number of oxazole rings is 1. The zero-order chi connectivity index (χ0) is 28.9. The highest BCUT2D eigenvalue weighted by Gasteiger charge is 2.30. The van der Waals surface area contributed by atoms with Crippen molar-refractivity contribution in [3.63, 3.8) is 0 Å². The lowest BCUT2D eigenvalue weighted by Gasteiger charge is -2.35. The van der Waals surface area contributed by atoms with Crippen molar-refractivity contribution in [2.24, 2.45) is 0 Å². The Labute approximate surface area is 230 Å². The monoisotopic (exact) mass is 549 g/mol. The molecule has 0 bridgehead atoms. The van der Waals surface area contributed by atoms with Crippen LogP contribution in [0.25, 0.3) is 22.6 Å². The second-order valence-corrected chi connectivity index (χ2v) is 9.21. The number of aryl methyl sites for hydroxylation is 1. The number of hydrogen-bond acceptors (Lipinski definition) is 6. The number of nitriles is 1. The van der Waals surface area contributed by atoms with E-state index in [0.29, 0.717) is 54.4 Å². The first-order chi connectivity index (χ1) is 19.2. The van der Waals surface area contributed by atoms with Crippen LogP contribution in [0.2, 0.25) is 0 Å². The average Bonchev–Trinajstić information content (AvgIpc) is 3.39. The van der Waals surface area contributed by atoms with E-state index in [4.69, 9.17) is 9.68 Å². The molecule has 2 heterocycles. The molecule has 7 nitrogen and oxygen atoms in total. The third kappa shape index (κ3) is 6.61. The van der Waals surface area contributed by atoms with Gasteiger partial charge >= 0.3 is 6.18 Å². The van der Waals surface area contributed by atoms with Crippen LogP contribution >= 0.6 is 0 Å². The first-order valence-electron chi connectivity index (χ1n) is 13.1. The molecule has 1 aromatic heterocycles. The maximum Gasteiger partial charge on any atom is 0.416 e. The van der Waals surface area contributed by atoms with Crippen molar-refractivity contribution < 1.29 is 22.4 Å². The van der Waals surface area contributed by atoms with Gasteiger partial charge in [-0.15, -0.1) is 0 Å². The number of amides is 1. The van der Waals surface area contributed by atoms with E-state index >= 15 is 0 Å². The van der Waals surface area contributed by atoms with E-state index in [2.05, 4.69) is 16.4 Å². The minimum Gasteiger partial charge on any atom is -0.436 e. The Morgan fingerprint density at radius 1 is 1.02 bits per heavy atom. The molecular weight excluding hydrogens is 519 g/mol. The lowest BCUT2D eigenvalue weighted by molar-refractivity contribution is -0.137. The number of hydrogen-bond donors (Lipinski definition) is 1. The van der Waals surface area contributed by atoms with Crippen LogP contribution in [0.5, 0.6) is 0 Å². The number of rotatable bonds is 5. The molecule has 1 aliphatic heterocycles. The quantitative estimate of drug-likeness (QED) is 0.307. The van der Waals surface area contributed by atoms with E-state index in [1.165, 1.54) is 12.1 Å². The predicted molar refractivity (Wildman–Crippen MR) is 149 cm³/mol. The molecule has 208 valence electrons. The molecule has 0 radical (unpaired) electrons. The van der Waals surface area contributed by atoms with Crippen molar-refractivity contribution in [2.75, 3.05) is 42.9 Å². The summed E-state index contributed by atoms with van der Waals surface area (Å²) >= 11 is 0. The molecule has 1 N–H and O–H groups in total. The first kappa shape index (κ1) is 28.6. The standard InChI is InChI=1S/C28H24F3N5O2.C2H6/c1-18-14-19(16-32)15-24-26(18)38-27(34-24)20-2-6-22(7-3-20)33-25(37)17-35-10-12-36(13-11-35)23-8-4-21(5-9-23)28(29,30)31;1-2/h2-9,14-15H,10-13,17H2,1H3,(H,33,37);1-2H3. The van der Waals surface area contributed by atoms with Gasteiger partial charge in [-0.05, 0) is 73.2 Å². The molecule has 0 aliphatic carbocycles. The van der Waals surface area contributed by atoms with Crippen molar-refractivity contribution in [1.82, 2.24) is 9.88 Å². The summed E-state index contributed by atoms with van der Waals surface area (Å²) in [5, 5.41) is 12.1. The molecule has 0 saturated carbocycles. The summed E-state index contributed by atoms with van der Waals surface area (Å²) in [4.78, 5) is 21.1. The number of fused-ring (bicyclic) bond motifs is 1. The van der Waals surface area contributed by atoms with Crippen LogP contribution in [-0.4, -0.2) is 48.5 Å². The molecular formula is C30H30F3N5O2. The van der Waals surface area contributed by atoms with Gasteiger partial charge in [-0.2, -0.15) is 18.4 Å². The van der Waals surface area contributed by atoms with Gasteiger partial charge in [0.25, 0.3) is 0 Å². The summed E-state index contributed by atoms with van der Waals surface area (Å²) in [5.41, 5.74) is 4.07. The van der Waals surface area contributed by atoms with Crippen molar-refractivity contribution in [1.29, 1.82) is 5.26 Å². The van der Waals surface area contributed by atoms with E-state index in [1.54, 1.807) is 24.3 Å². The fourth-order valence-corrected chi connectivity index (χ4v) is 4.51. The highest BCUT2D eigenvalue weighted by molar-refractivity contribution is 5.92. The summed E-state index contributed by atoms with van der Waals surface area (Å²) < 4.78 is 44.3. The number of alkyl halides is 3. The van der Waals surface area contributed by atoms with Crippen molar-refractivity contribution in [3.05, 3.63) is 77.4 Å². The van der Waals surface area contributed by atoms with E-state index < -0.39 is 11.7 Å². The molecule has 10 heteroatoms. The van der Waals surface area contributed by atoms with E-state index in [1.807, 2.05) is 42.7 Å². The maximum atomic E-state index is 12.8. The Balaban J connectivity index is 0.00000181. The largest absolute Gasteiger partial charge is 0.436 e.